The first kappa shape index (κ1) is 17.4. The lowest BCUT2D eigenvalue weighted by atomic mass is 9.79. The number of benzene rings is 1. The number of hydrogen-bond acceptors (Lipinski definition) is 2. The summed E-state index contributed by atoms with van der Waals surface area (Å²) < 4.78 is 0. The summed E-state index contributed by atoms with van der Waals surface area (Å²) in [6.45, 7) is 8.70. The molecule has 0 fully saturated rings. The Morgan fingerprint density at radius 1 is 1.17 bits per heavy atom. The van der Waals surface area contributed by atoms with E-state index in [0.717, 1.165) is 17.8 Å². The van der Waals surface area contributed by atoms with Crippen LogP contribution >= 0.6 is 12.2 Å². The van der Waals surface area contributed by atoms with Crippen molar-refractivity contribution in [3.05, 3.63) is 59.8 Å². The molecule has 1 heterocycles. The number of aromatic nitrogens is 1. The van der Waals surface area contributed by atoms with E-state index in [4.69, 9.17) is 12.2 Å². The Morgan fingerprint density at radius 3 is 2.52 bits per heavy atom. The molecule has 2 N–H and O–H groups in total. The van der Waals surface area contributed by atoms with Gasteiger partial charge in [-0.05, 0) is 55.1 Å². The molecule has 0 aliphatic heterocycles. The monoisotopic (exact) mass is 327 g/mol. The van der Waals surface area contributed by atoms with Crippen molar-refractivity contribution in [2.75, 3.05) is 5.32 Å². The molecule has 0 aliphatic carbocycles. The van der Waals surface area contributed by atoms with Gasteiger partial charge in [-0.25, -0.2) is 4.98 Å². The maximum absolute atomic E-state index is 5.42. The highest BCUT2D eigenvalue weighted by Gasteiger charge is 2.23. The number of hydrogen-bond donors (Lipinski definition) is 2. The molecule has 2 aromatic rings. The second kappa shape index (κ2) is 7.55. The summed E-state index contributed by atoms with van der Waals surface area (Å²) in [5.74, 6) is 0.805. The molecule has 23 heavy (non-hydrogen) atoms. The minimum atomic E-state index is 0.0875. The third kappa shape index (κ3) is 5.03. The molecule has 0 unspecified atom stereocenters. The maximum atomic E-state index is 5.42. The standard InChI is InChI=1S/C19H25N3S/c1-14-9-8-12-20-17(14)22-18(23)21-15(2)13-19(3,4)16-10-6-5-7-11-16/h5-12,15H,13H2,1-4H3,(H2,20,21,22,23)/t15-/m0/s1. The Hall–Kier alpha value is -1.94. The van der Waals surface area contributed by atoms with E-state index in [0.29, 0.717) is 5.11 Å². The molecule has 0 saturated heterocycles. The number of rotatable bonds is 5. The average molecular weight is 327 g/mol. The summed E-state index contributed by atoms with van der Waals surface area (Å²) in [7, 11) is 0. The zero-order valence-electron chi connectivity index (χ0n) is 14.3. The zero-order valence-corrected chi connectivity index (χ0v) is 15.1. The van der Waals surface area contributed by atoms with Gasteiger partial charge in [0.2, 0.25) is 0 Å². The molecule has 1 atom stereocenters. The van der Waals surface area contributed by atoms with Gasteiger partial charge in [0.15, 0.2) is 5.11 Å². The number of anilines is 1. The van der Waals surface area contributed by atoms with Crippen LogP contribution in [-0.4, -0.2) is 16.1 Å². The summed E-state index contributed by atoms with van der Waals surface area (Å²) >= 11 is 5.42. The molecule has 0 saturated carbocycles. The molecular formula is C19H25N3S. The highest BCUT2D eigenvalue weighted by atomic mass is 32.1. The minimum Gasteiger partial charge on any atom is -0.360 e. The van der Waals surface area contributed by atoms with Gasteiger partial charge in [0.05, 0.1) is 0 Å². The fourth-order valence-electron chi connectivity index (χ4n) is 2.81. The summed E-state index contributed by atoms with van der Waals surface area (Å²) in [6, 6.07) is 14.8. The van der Waals surface area contributed by atoms with Crippen LogP contribution in [0.15, 0.2) is 48.7 Å². The fraction of sp³-hybridized carbons (Fsp3) is 0.368. The van der Waals surface area contributed by atoms with Gasteiger partial charge in [-0.1, -0.05) is 50.2 Å². The van der Waals surface area contributed by atoms with Crippen molar-refractivity contribution in [2.24, 2.45) is 0 Å². The Labute approximate surface area is 144 Å². The molecule has 3 nitrogen and oxygen atoms in total. The molecule has 1 aromatic carbocycles. The summed E-state index contributed by atoms with van der Waals surface area (Å²) in [5.41, 5.74) is 2.51. The van der Waals surface area contributed by atoms with Crippen LogP contribution < -0.4 is 10.6 Å². The van der Waals surface area contributed by atoms with Gasteiger partial charge < -0.3 is 10.6 Å². The summed E-state index contributed by atoms with van der Waals surface area (Å²) in [5, 5.41) is 7.15. The molecule has 2 rings (SSSR count). The van der Waals surface area contributed by atoms with Crippen molar-refractivity contribution in [1.82, 2.24) is 10.3 Å². The molecule has 4 heteroatoms. The normalized spacial score (nSPS) is 12.5. The van der Waals surface area contributed by atoms with Crippen LogP contribution in [0.3, 0.4) is 0 Å². The molecule has 1 aromatic heterocycles. The van der Waals surface area contributed by atoms with Gasteiger partial charge in [-0.15, -0.1) is 0 Å². The number of thiocarbonyl (C=S) groups is 1. The Kier molecular flexibility index (Phi) is 5.72. The van der Waals surface area contributed by atoms with E-state index in [-0.39, 0.29) is 11.5 Å². The lowest BCUT2D eigenvalue weighted by Crippen LogP contribution is -2.39. The first-order valence-electron chi connectivity index (χ1n) is 7.93. The first-order valence-corrected chi connectivity index (χ1v) is 8.34. The van der Waals surface area contributed by atoms with E-state index in [2.05, 4.69) is 66.7 Å². The molecular weight excluding hydrogens is 302 g/mol. The van der Waals surface area contributed by atoms with Crippen LogP contribution in [0, 0.1) is 6.92 Å². The van der Waals surface area contributed by atoms with E-state index < -0.39 is 0 Å². The molecule has 122 valence electrons. The Balaban J connectivity index is 1.93. The lowest BCUT2D eigenvalue weighted by Gasteiger charge is -2.29. The first-order chi connectivity index (χ1) is 10.9. The van der Waals surface area contributed by atoms with Crippen molar-refractivity contribution in [3.63, 3.8) is 0 Å². The van der Waals surface area contributed by atoms with Crippen LogP contribution in [0.5, 0.6) is 0 Å². The highest BCUT2D eigenvalue weighted by molar-refractivity contribution is 7.80. The topological polar surface area (TPSA) is 37.0 Å². The quantitative estimate of drug-likeness (QED) is 0.797. The third-order valence-corrected chi connectivity index (χ3v) is 4.21. The van der Waals surface area contributed by atoms with Gasteiger partial charge in [0.25, 0.3) is 0 Å². The van der Waals surface area contributed by atoms with Crippen LogP contribution in [0.4, 0.5) is 5.82 Å². The van der Waals surface area contributed by atoms with Crippen LogP contribution in [0.2, 0.25) is 0 Å². The van der Waals surface area contributed by atoms with Gasteiger partial charge in [0.1, 0.15) is 5.82 Å². The van der Waals surface area contributed by atoms with Gasteiger partial charge in [-0.3, -0.25) is 0 Å². The van der Waals surface area contributed by atoms with E-state index >= 15 is 0 Å². The zero-order chi connectivity index (χ0) is 16.9. The Morgan fingerprint density at radius 2 is 1.87 bits per heavy atom. The van der Waals surface area contributed by atoms with E-state index in [1.807, 2.05) is 19.1 Å². The molecule has 0 radical (unpaired) electrons. The average Bonchev–Trinajstić information content (AvgIpc) is 2.50. The van der Waals surface area contributed by atoms with Gasteiger partial charge in [0, 0.05) is 12.2 Å². The maximum Gasteiger partial charge on any atom is 0.172 e. The third-order valence-electron chi connectivity index (χ3n) is 3.99. The number of pyridine rings is 1. The number of nitrogens with zero attached hydrogens (tertiary/aromatic N) is 1. The summed E-state index contributed by atoms with van der Waals surface area (Å²) in [4.78, 5) is 4.31. The van der Waals surface area contributed by atoms with Crippen LogP contribution in [0.1, 0.15) is 38.3 Å². The SMILES string of the molecule is Cc1cccnc1NC(=S)N[C@@H](C)CC(C)(C)c1ccccc1. The van der Waals surface area contributed by atoms with Gasteiger partial charge in [-0.2, -0.15) is 0 Å². The van der Waals surface area contributed by atoms with Gasteiger partial charge >= 0.3 is 0 Å². The molecule has 0 bridgehead atoms. The van der Waals surface area contributed by atoms with Crippen LogP contribution in [0.25, 0.3) is 0 Å². The predicted octanol–water partition coefficient (Wildman–Crippen LogP) is 4.43. The van der Waals surface area contributed by atoms with E-state index in [1.165, 1.54) is 5.56 Å². The van der Waals surface area contributed by atoms with Crippen molar-refractivity contribution >= 4 is 23.1 Å². The van der Waals surface area contributed by atoms with E-state index in [9.17, 15) is 0 Å². The van der Waals surface area contributed by atoms with Crippen LogP contribution in [-0.2, 0) is 5.41 Å². The van der Waals surface area contributed by atoms with Crippen molar-refractivity contribution in [1.29, 1.82) is 0 Å². The molecule has 0 amide bonds. The van der Waals surface area contributed by atoms with Crippen molar-refractivity contribution in [2.45, 2.75) is 45.6 Å². The molecule has 0 spiro atoms. The second-order valence-corrected chi connectivity index (χ2v) is 7.03. The lowest BCUT2D eigenvalue weighted by molar-refractivity contribution is 0.420. The largest absolute Gasteiger partial charge is 0.360 e. The number of aryl methyl sites for hydroxylation is 1. The number of nitrogens with one attached hydrogen (secondary N) is 2. The molecule has 0 aliphatic rings. The van der Waals surface area contributed by atoms with Crippen molar-refractivity contribution < 1.29 is 0 Å². The minimum absolute atomic E-state index is 0.0875. The Bertz CT molecular complexity index is 653. The van der Waals surface area contributed by atoms with Crippen molar-refractivity contribution in [3.8, 4) is 0 Å². The highest BCUT2D eigenvalue weighted by Crippen LogP contribution is 2.28. The fourth-order valence-corrected chi connectivity index (χ4v) is 3.11. The predicted molar refractivity (Wildman–Crippen MR) is 102 cm³/mol. The smallest absolute Gasteiger partial charge is 0.172 e. The summed E-state index contributed by atoms with van der Waals surface area (Å²) in [6.07, 6.45) is 2.75. The second-order valence-electron chi connectivity index (χ2n) is 6.62. The van der Waals surface area contributed by atoms with E-state index in [1.54, 1.807) is 6.20 Å².